The fourth-order valence-corrected chi connectivity index (χ4v) is 4.23. The third-order valence-corrected chi connectivity index (χ3v) is 5.13. The van der Waals surface area contributed by atoms with Gasteiger partial charge in [-0.05, 0) is 43.1 Å². The molecule has 0 spiro atoms. The summed E-state index contributed by atoms with van der Waals surface area (Å²) >= 11 is 0. The van der Waals surface area contributed by atoms with Gasteiger partial charge < -0.3 is 5.32 Å². The zero-order chi connectivity index (χ0) is 11.5. The lowest BCUT2D eigenvalue weighted by Gasteiger charge is -2.27. The van der Waals surface area contributed by atoms with Gasteiger partial charge in [-0.25, -0.2) is 0 Å². The summed E-state index contributed by atoms with van der Waals surface area (Å²) in [6.07, 6.45) is 8.75. The van der Waals surface area contributed by atoms with Crippen molar-refractivity contribution in [2.24, 2.45) is 23.7 Å². The molecule has 2 saturated carbocycles. The minimum Gasteiger partial charge on any atom is -0.314 e. The topological polar surface area (TPSA) is 12.0 Å². The molecule has 3 atom stereocenters. The molecule has 1 nitrogen and oxygen atoms in total. The van der Waals surface area contributed by atoms with Gasteiger partial charge in [0.2, 0.25) is 0 Å². The minimum atomic E-state index is 0.827. The van der Waals surface area contributed by atoms with E-state index in [1.54, 1.807) is 0 Å². The first-order chi connectivity index (χ1) is 7.83. The van der Waals surface area contributed by atoms with Crippen molar-refractivity contribution in [3.8, 4) is 0 Å². The second-order valence-corrected chi connectivity index (χ2v) is 5.85. The van der Waals surface area contributed by atoms with Gasteiger partial charge in [0, 0.05) is 6.04 Å². The Hall–Kier alpha value is -0.0400. The second-order valence-electron chi connectivity index (χ2n) is 5.85. The lowest BCUT2D eigenvalue weighted by molar-refractivity contribution is 0.292. The Labute approximate surface area is 101 Å². The Kier molecular flexibility index (Phi) is 4.29. The lowest BCUT2D eigenvalue weighted by atomic mass is 9.89. The van der Waals surface area contributed by atoms with Gasteiger partial charge in [0.1, 0.15) is 0 Å². The molecule has 0 aromatic heterocycles. The van der Waals surface area contributed by atoms with Gasteiger partial charge in [0.25, 0.3) is 0 Å². The Morgan fingerprint density at radius 2 is 1.56 bits per heavy atom. The van der Waals surface area contributed by atoms with Crippen LogP contribution in [0.1, 0.15) is 59.3 Å². The van der Waals surface area contributed by atoms with Crippen LogP contribution in [-0.2, 0) is 0 Å². The average Bonchev–Trinajstić information content (AvgIpc) is 3.03. The Bertz CT molecular complexity index is 197. The van der Waals surface area contributed by atoms with Gasteiger partial charge in [0.15, 0.2) is 0 Å². The van der Waals surface area contributed by atoms with Gasteiger partial charge in [-0.2, -0.15) is 0 Å². The third-order valence-electron chi connectivity index (χ3n) is 5.13. The average molecular weight is 223 g/mol. The summed E-state index contributed by atoms with van der Waals surface area (Å²) in [5.41, 5.74) is 0. The molecule has 0 amide bonds. The maximum absolute atomic E-state index is 3.80. The Morgan fingerprint density at radius 1 is 1.00 bits per heavy atom. The maximum Gasteiger partial charge on any atom is 0.0129 e. The molecule has 0 saturated heterocycles. The Balaban J connectivity index is 1.97. The van der Waals surface area contributed by atoms with Crippen LogP contribution in [0.5, 0.6) is 0 Å². The highest BCUT2D eigenvalue weighted by atomic mass is 14.9. The van der Waals surface area contributed by atoms with E-state index < -0.39 is 0 Å². The van der Waals surface area contributed by atoms with Crippen molar-refractivity contribution in [3.63, 3.8) is 0 Å². The molecule has 0 aliphatic heterocycles. The van der Waals surface area contributed by atoms with E-state index in [2.05, 4.69) is 26.1 Å². The zero-order valence-electron chi connectivity index (χ0n) is 11.3. The molecule has 3 unspecified atom stereocenters. The molecule has 1 N–H and O–H groups in total. The second kappa shape index (κ2) is 5.53. The number of nitrogens with one attached hydrogen (secondary N) is 1. The molecule has 16 heavy (non-hydrogen) atoms. The normalized spacial score (nSPS) is 34.9. The highest BCUT2D eigenvalue weighted by Gasteiger charge is 2.54. The molecular formula is C15H29N. The van der Waals surface area contributed by atoms with E-state index in [1.165, 1.54) is 38.5 Å². The summed E-state index contributed by atoms with van der Waals surface area (Å²) in [6, 6.07) is 0.827. The van der Waals surface area contributed by atoms with E-state index in [4.69, 9.17) is 0 Å². The number of rotatable bonds is 6. The quantitative estimate of drug-likeness (QED) is 0.721. The lowest BCUT2D eigenvalue weighted by Crippen LogP contribution is -2.38. The van der Waals surface area contributed by atoms with Crippen molar-refractivity contribution < 1.29 is 0 Å². The van der Waals surface area contributed by atoms with Crippen molar-refractivity contribution in [2.45, 2.75) is 65.3 Å². The highest BCUT2D eigenvalue weighted by Crippen LogP contribution is 2.58. The van der Waals surface area contributed by atoms with Gasteiger partial charge in [-0.3, -0.25) is 0 Å². The number of hydrogen-bond acceptors (Lipinski definition) is 1. The molecule has 2 rings (SSSR count). The van der Waals surface area contributed by atoms with Crippen LogP contribution in [0.15, 0.2) is 0 Å². The van der Waals surface area contributed by atoms with Crippen molar-refractivity contribution in [1.29, 1.82) is 0 Å². The first kappa shape index (κ1) is 12.4. The van der Waals surface area contributed by atoms with Crippen molar-refractivity contribution in [3.05, 3.63) is 0 Å². The van der Waals surface area contributed by atoms with Crippen molar-refractivity contribution in [2.75, 3.05) is 6.54 Å². The van der Waals surface area contributed by atoms with E-state index in [9.17, 15) is 0 Å². The van der Waals surface area contributed by atoms with E-state index in [0.29, 0.717) is 0 Å². The standard InChI is InChI=1S/C15H29N/c1-4-11(5-2)15(16-6-3)14-12-9-7-8-10-13(12)14/h11-16H,4-10H2,1-3H3. The van der Waals surface area contributed by atoms with E-state index in [1.807, 2.05) is 0 Å². The molecule has 1 heteroatoms. The van der Waals surface area contributed by atoms with Crippen LogP contribution < -0.4 is 5.32 Å². The molecule has 0 aromatic rings. The van der Waals surface area contributed by atoms with Crippen LogP contribution in [0.3, 0.4) is 0 Å². The third kappa shape index (κ3) is 2.30. The fourth-order valence-electron chi connectivity index (χ4n) is 4.23. The summed E-state index contributed by atoms with van der Waals surface area (Å²) in [5, 5.41) is 3.80. The molecule has 0 heterocycles. The molecule has 0 radical (unpaired) electrons. The van der Waals surface area contributed by atoms with Gasteiger partial charge >= 0.3 is 0 Å². The molecule has 94 valence electrons. The largest absolute Gasteiger partial charge is 0.314 e. The summed E-state index contributed by atoms with van der Waals surface area (Å²) in [5.74, 6) is 4.14. The van der Waals surface area contributed by atoms with Crippen LogP contribution >= 0.6 is 0 Å². The number of hydrogen-bond donors (Lipinski definition) is 1. The van der Waals surface area contributed by atoms with Gasteiger partial charge in [-0.15, -0.1) is 0 Å². The van der Waals surface area contributed by atoms with Gasteiger partial charge in [-0.1, -0.05) is 46.5 Å². The predicted molar refractivity (Wildman–Crippen MR) is 70.5 cm³/mol. The van der Waals surface area contributed by atoms with E-state index >= 15 is 0 Å². The fraction of sp³-hybridized carbons (Fsp3) is 1.00. The van der Waals surface area contributed by atoms with Crippen LogP contribution in [-0.4, -0.2) is 12.6 Å². The molecular weight excluding hydrogens is 194 g/mol. The molecule has 0 bridgehead atoms. The minimum absolute atomic E-state index is 0.827. The molecule has 2 aliphatic rings. The van der Waals surface area contributed by atoms with Crippen LogP contribution in [0.4, 0.5) is 0 Å². The van der Waals surface area contributed by atoms with Gasteiger partial charge in [0.05, 0.1) is 0 Å². The van der Waals surface area contributed by atoms with Crippen molar-refractivity contribution in [1.82, 2.24) is 5.32 Å². The smallest absolute Gasteiger partial charge is 0.0129 e. The molecule has 2 aliphatic carbocycles. The van der Waals surface area contributed by atoms with E-state index in [0.717, 1.165) is 36.3 Å². The van der Waals surface area contributed by atoms with Crippen LogP contribution in [0, 0.1) is 23.7 Å². The van der Waals surface area contributed by atoms with Crippen molar-refractivity contribution >= 4 is 0 Å². The van der Waals surface area contributed by atoms with Crippen LogP contribution in [0.25, 0.3) is 0 Å². The molecule has 0 aromatic carbocycles. The highest BCUT2D eigenvalue weighted by molar-refractivity contribution is 5.05. The Morgan fingerprint density at radius 3 is 2.00 bits per heavy atom. The zero-order valence-corrected chi connectivity index (χ0v) is 11.3. The monoisotopic (exact) mass is 223 g/mol. The summed E-state index contributed by atoms with van der Waals surface area (Å²) < 4.78 is 0. The summed E-state index contributed by atoms with van der Waals surface area (Å²) in [4.78, 5) is 0. The van der Waals surface area contributed by atoms with E-state index in [-0.39, 0.29) is 0 Å². The molecule has 2 fully saturated rings. The first-order valence-corrected chi connectivity index (χ1v) is 7.56. The predicted octanol–water partition coefficient (Wildman–Crippen LogP) is 3.84. The number of fused-ring (bicyclic) bond motifs is 1. The SMILES string of the molecule is CCNC(C(CC)CC)C1C2CCCCC21. The summed E-state index contributed by atoms with van der Waals surface area (Å²) in [7, 11) is 0. The maximum atomic E-state index is 3.80. The van der Waals surface area contributed by atoms with Crippen LogP contribution in [0.2, 0.25) is 0 Å². The summed E-state index contributed by atoms with van der Waals surface area (Å²) in [6.45, 7) is 8.15. The first-order valence-electron chi connectivity index (χ1n) is 7.56.